The van der Waals surface area contributed by atoms with Crippen molar-refractivity contribution in [3.63, 3.8) is 0 Å². The highest BCUT2D eigenvalue weighted by molar-refractivity contribution is 5.70. The molecule has 0 aliphatic heterocycles. The number of benzene rings is 1. The summed E-state index contributed by atoms with van der Waals surface area (Å²) >= 11 is 0. The molecule has 2 heterocycles. The zero-order valence-corrected chi connectivity index (χ0v) is 14.4. The molecule has 23 heavy (non-hydrogen) atoms. The van der Waals surface area contributed by atoms with Gasteiger partial charge in [-0.05, 0) is 56.7 Å². The highest BCUT2D eigenvalue weighted by atomic mass is 15.1. The lowest BCUT2D eigenvalue weighted by atomic mass is 9.96. The first kappa shape index (κ1) is 12.1. The van der Waals surface area contributed by atoms with Crippen LogP contribution in [0.4, 0.5) is 0 Å². The van der Waals surface area contributed by atoms with Crippen molar-refractivity contribution < 1.29 is 8.68 Å². The Morgan fingerprint density at radius 3 is 2.30 bits per heavy atom. The lowest BCUT2D eigenvalue weighted by Crippen LogP contribution is -2.35. The predicted octanol–water partition coefficient (Wildman–Crippen LogP) is 3.37. The van der Waals surface area contributed by atoms with Crippen LogP contribution >= 0.6 is 0 Å². The van der Waals surface area contributed by atoms with Gasteiger partial charge >= 0.3 is 5.65 Å². The van der Waals surface area contributed by atoms with Gasteiger partial charge in [0.1, 0.15) is 0 Å². The summed E-state index contributed by atoms with van der Waals surface area (Å²) < 4.78 is 24.9. The first-order valence-electron chi connectivity index (χ1n) is 9.14. The van der Waals surface area contributed by atoms with Gasteiger partial charge in [-0.1, -0.05) is 11.6 Å². The van der Waals surface area contributed by atoms with Crippen molar-refractivity contribution in [2.75, 3.05) is 0 Å². The molecular weight excluding hydrogens is 284 g/mol. The molecular formula is C19H23N4+. The van der Waals surface area contributed by atoms with Gasteiger partial charge in [-0.3, -0.25) is 0 Å². The third-order valence-electron chi connectivity index (χ3n) is 4.37. The van der Waals surface area contributed by atoms with Crippen molar-refractivity contribution in [2.45, 2.75) is 41.5 Å². The minimum absolute atomic E-state index is 0.00669. The van der Waals surface area contributed by atoms with Gasteiger partial charge in [0.05, 0.1) is 18.4 Å². The lowest BCUT2D eigenvalue weighted by molar-refractivity contribution is -0.636. The molecule has 0 unspecified atom stereocenters. The maximum atomic E-state index is 7.64. The van der Waals surface area contributed by atoms with E-state index < -0.39 is 6.85 Å². The van der Waals surface area contributed by atoms with Gasteiger partial charge in [-0.2, -0.15) is 0 Å². The molecule has 0 aliphatic carbocycles. The molecule has 0 saturated heterocycles. The molecule has 1 aromatic carbocycles. The zero-order chi connectivity index (χ0) is 19.4. The topological polar surface area (TPSA) is 42.5 Å². The largest absolute Gasteiger partial charge is 0.368 e. The van der Waals surface area contributed by atoms with Crippen LogP contribution in [0.3, 0.4) is 0 Å². The van der Waals surface area contributed by atoms with Crippen LogP contribution in [0.25, 0.3) is 22.6 Å². The summed E-state index contributed by atoms with van der Waals surface area (Å²) in [6, 6.07) is 4.31. The van der Waals surface area contributed by atoms with Crippen molar-refractivity contribution in [2.24, 2.45) is 7.05 Å². The van der Waals surface area contributed by atoms with E-state index in [-0.39, 0.29) is 5.69 Å². The van der Waals surface area contributed by atoms with E-state index in [4.69, 9.17) is 4.11 Å². The average Bonchev–Trinajstić information content (AvgIpc) is 2.51. The fourth-order valence-electron chi connectivity index (χ4n) is 3.02. The maximum absolute atomic E-state index is 7.64. The smallest absolute Gasteiger partial charge is 0.222 e. The monoisotopic (exact) mass is 310 g/mol. The third-order valence-corrected chi connectivity index (χ3v) is 4.37. The number of aryl methyl sites for hydroxylation is 6. The molecule has 3 rings (SSSR count). The molecule has 0 bridgehead atoms. The van der Waals surface area contributed by atoms with E-state index in [0.29, 0.717) is 17.0 Å². The summed E-state index contributed by atoms with van der Waals surface area (Å²) in [4.78, 5) is 13.4. The van der Waals surface area contributed by atoms with Crippen LogP contribution < -0.4 is 4.57 Å². The standard InChI is InChI=1S/C19H23N4/c1-10-8-11(2)12(3)16(9-10)17-15(6)21-18-19(23(17)7)22-14(5)13(4)20-18/h8-9H,1-7H3/q+1/i4D3. The number of nitrogens with zero attached hydrogens (tertiary/aromatic N) is 4. The van der Waals surface area contributed by atoms with Gasteiger partial charge in [-0.15, -0.1) is 0 Å². The van der Waals surface area contributed by atoms with E-state index >= 15 is 0 Å². The van der Waals surface area contributed by atoms with E-state index in [2.05, 4.69) is 47.9 Å². The Labute approximate surface area is 141 Å². The number of rotatable bonds is 1. The molecule has 0 atom stereocenters. The molecule has 0 saturated carbocycles. The Bertz CT molecular complexity index is 1040. The first-order valence-corrected chi connectivity index (χ1v) is 7.64. The van der Waals surface area contributed by atoms with Crippen LogP contribution in [-0.4, -0.2) is 15.0 Å². The fraction of sp³-hybridized carbons (Fsp3) is 0.368. The minimum Gasteiger partial charge on any atom is -0.222 e. The van der Waals surface area contributed by atoms with Gasteiger partial charge < -0.3 is 0 Å². The van der Waals surface area contributed by atoms with Gasteiger partial charge in [0.25, 0.3) is 0 Å². The molecule has 4 heteroatoms. The Morgan fingerprint density at radius 1 is 0.913 bits per heavy atom. The summed E-state index contributed by atoms with van der Waals surface area (Å²) in [7, 11) is 1.92. The zero-order valence-electron chi connectivity index (χ0n) is 17.4. The number of hydrogen-bond donors (Lipinski definition) is 0. The summed E-state index contributed by atoms with van der Waals surface area (Å²) in [5, 5.41) is 0. The second-order valence-electron chi connectivity index (χ2n) is 6.16. The van der Waals surface area contributed by atoms with Gasteiger partial charge in [-0.25, -0.2) is 14.5 Å². The van der Waals surface area contributed by atoms with E-state index in [0.717, 1.165) is 17.0 Å². The molecule has 4 nitrogen and oxygen atoms in total. The molecule has 0 fully saturated rings. The summed E-state index contributed by atoms with van der Waals surface area (Å²) in [6.45, 7) is 7.57. The van der Waals surface area contributed by atoms with Crippen LogP contribution in [0.5, 0.6) is 0 Å². The van der Waals surface area contributed by atoms with Crippen molar-refractivity contribution in [3.8, 4) is 11.3 Å². The molecule has 0 aliphatic rings. The second kappa shape index (κ2) is 5.37. The molecule has 0 radical (unpaired) electrons. The Morgan fingerprint density at radius 2 is 1.61 bits per heavy atom. The molecule has 0 spiro atoms. The maximum Gasteiger partial charge on any atom is 0.368 e. The molecule has 2 aromatic heterocycles. The van der Waals surface area contributed by atoms with Crippen LogP contribution in [0.1, 0.15) is 37.9 Å². The number of fused-ring (bicyclic) bond motifs is 1. The summed E-state index contributed by atoms with van der Waals surface area (Å²) in [5.74, 6) is 0. The average molecular weight is 310 g/mol. The van der Waals surface area contributed by atoms with Gasteiger partial charge in [0.15, 0.2) is 11.4 Å². The highest BCUT2D eigenvalue weighted by Crippen LogP contribution is 2.27. The molecule has 0 amide bonds. The van der Waals surface area contributed by atoms with Crippen LogP contribution in [-0.2, 0) is 7.05 Å². The number of hydrogen-bond acceptors (Lipinski definition) is 3. The summed E-state index contributed by atoms with van der Waals surface area (Å²) in [6.07, 6.45) is 0. The second-order valence-corrected chi connectivity index (χ2v) is 6.16. The predicted molar refractivity (Wildman–Crippen MR) is 92.4 cm³/mol. The van der Waals surface area contributed by atoms with Crippen molar-refractivity contribution in [3.05, 3.63) is 45.9 Å². The SMILES string of the molecule is [2H]C([2H])([2H])c1nc2nc(C)c(-c3cc(C)cc(C)c3C)[n+](C)c2nc1C. The quantitative estimate of drug-likeness (QED) is 0.647. The Kier molecular flexibility index (Phi) is 2.83. The third kappa shape index (κ3) is 2.48. The van der Waals surface area contributed by atoms with Crippen molar-refractivity contribution >= 4 is 11.3 Å². The first-order chi connectivity index (χ1) is 12.0. The Balaban J connectivity index is 2.37. The van der Waals surface area contributed by atoms with Gasteiger partial charge in [0, 0.05) is 16.6 Å². The number of aromatic nitrogens is 4. The van der Waals surface area contributed by atoms with Crippen molar-refractivity contribution in [1.82, 2.24) is 15.0 Å². The van der Waals surface area contributed by atoms with Crippen LogP contribution in [0.2, 0.25) is 0 Å². The Hall–Kier alpha value is -2.36. The van der Waals surface area contributed by atoms with Crippen molar-refractivity contribution in [1.29, 1.82) is 0 Å². The molecule has 0 N–H and O–H groups in total. The highest BCUT2D eigenvalue weighted by Gasteiger charge is 2.22. The lowest BCUT2D eigenvalue weighted by Gasteiger charge is -2.13. The van der Waals surface area contributed by atoms with E-state index in [1.807, 2.05) is 18.5 Å². The van der Waals surface area contributed by atoms with E-state index in [1.165, 1.54) is 16.7 Å². The van der Waals surface area contributed by atoms with Crippen LogP contribution in [0, 0.1) is 41.5 Å². The molecule has 3 aromatic rings. The normalized spacial score (nSPS) is 13.7. The van der Waals surface area contributed by atoms with E-state index in [9.17, 15) is 0 Å². The van der Waals surface area contributed by atoms with Gasteiger partial charge in [0.2, 0.25) is 5.65 Å². The fourth-order valence-corrected chi connectivity index (χ4v) is 3.02. The van der Waals surface area contributed by atoms with Crippen LogP contribution in [0.15, 0.2) is 12.1 Å². The molecule has 118 valence electrons. The minimum atomic E-state index is -2.30. The van der Waals surface area contributed by atoms with E-state index in [1.54, 1.807) is 6.92 Å². The summed E-state index contributed by atoms with van der Waals surface area (Å²) in [5.41, 5.74) is 7.81.